The van der Waals surface area contributed by atoms with Crippen molar-refractivity contribution in [2.45, 2.75) is 53.1 Å². The van der Waals surface area contributed by atoms with Gasteiger partial charge < -0.3 is 0 Å². The predicted molar refractivity (Wildman–Crippen MR) is 126 cm³/mol. The zero-order valence-electron chi connectivity index (χ0n) is 19.0. The summed E-state index contributed by atoms with van der Waals surface area (Å²) in [5, 5.41) is 14.3. The Hall–Kier alpha value is -3.48. The van der Waals surface area contributed by atoms with Gasteiger partial charge in [-0.15, -0.1) is 5.10 Å². The van der Waals surface area contributed by atoms with E-state index in [0.29, 0.717) is 18.3 Å². The maximum Gasteiger partial charge on any atom is 0.328 e. The van der Waals surface area contributed by atoms with Crippen LogP contribution in [0, 0.1) is 5.92 Å². The number of aromatic amines is 1. The molecule has 0 aliphatic carbocycles. The van der Waals surface area contributed by atoms with E-state index in [0.717, 1.165) is 53.8 Å². The molecule has 0 saturated heterocycles. The fourth-order valence-electron chi connectivity index (χ4n) is 4.02. The maximum atomic E-state index is 13.1. The second-order valence-corrected chi connectivity index (χ2v) is 8.63. The van der Waals surface area contributed by atoms with Crippen LogP contribution in [0.2, 0.25) is 0 Å². The molecular weight excluding hydrogens is 400 g/mol. The molecule has 2 heterocycles. The van der Waals surface area contributed by atoms with Crippen LogP contribution >= 0.6 is 0 Å². The van der Waals surface area contributed by atoms with E-state index in [1.807, 2.05) is 33.5 Å². The van der Waals surface area contributed by atoms with Crippen molar-refractivity contribution in [2.75, 3.05) is 0 Å². The van der Waals surface area contributed by atoms with Gasteiger partial charge in [0, 0.05) is 24.0 Å². The van der Waals surface area contributed by atoms with E-state index in [4.69, 9.17) is 0 Å². The van der Waals surface area contributed by atoms with E-state index in [1.54, 1.807) is 0 Å². The summed E-state index contributed by atoms with van der Waals surface area (Å²) in [5.41, 5.74) is 5.39. The molecule has 0 aliphatic rings. The molecule has 0 spiro atoms. The number of imidazole rings is 1. The first kappa shape index (κ1) is 21.7. The van der Waals surface area contributed by atoms with Crippen molar-refractivity contribution in [3.8, 4) is 22.5 Å². The van der Waals surface area contributed by atoms with E-state index < -0.39 is 0 Å². The van der Waals surface area contributed by atoms with Gasteiger partial charge in [-0.05, 0) is 45.9 Å². The Morgan fingerprint density at radius 1 is 1.03 bits per heavy atom. The van der Waals surface area contributed by atoms with Gasteiger partial charge in [-0.25, -0.2) is 9.89 Å². The smallest absolute Gasteiger partial charge is 0.299 e. The molecule has 0 saturated carbocycles. The van der Waals surface area contributed by atoms with Crippen molar-refractivity contribution in [2.24, 2.45) is 5.92 Å². The van der Waals surface area contributed by atoms with Crippen LogP contribution in [0.3, 0.4) is 0 Å². The highest BCUT2D eigenvalue weighted by Gasteiger charge is 2.14. The van der Waals surface area contributed by atoms with Gasteiger partial charge in [0.2, 0.25) is 0 Å². The Bertz CT molecular complexity index is 1200. The molecule has 0 fully saturated rings. The normalized spacial score (nSPS) is 11.4. The van der Waals surface area contributed by atoms with Crippen molar-refractivity contribution >= 4 is 0 Å². The van der Waals surface area contributed by atoms with Crippen molar-refractivity contribution < 1.29 is 0 Å². The van der Waals surface area contributed by atoms with E-state index in [9.17, 15) is 4.79 Å². The van der Waals surface area contributed by atoms with Crippen LogP contribution in [0.25, 0.3) is 22.5 Å². The van der Waals surface area contributed by atoms with E-state index >= 15 is 0 Å². The Labute approximate surface area is 188 Å². The van der Waals surface area contributed by atoms with Gasteiger partial charge in [0.05, 0.1) is 6.54 Å². The summed E-state index contributed by atoms with van der Waals surface area (Å²) in [5.74, 6) is 1.07. The summed E-state index contributed by atoms with van der Waals surface area (Å²) in [6.45, 7) is 7.79. The quantitative estimate of drug-likeness (QED) is 0.423. The number of nitrogens with one attached hydrogen (secondary N) is 1. The number of hydrogen-bond acceptors (Lipinski definition) is 4. The summed E-state index contributed by atoms with van der Waals surface area (Å²) >= 11 is 0. The molecule has 0 amide bonds. The minimum absolute atomic E-state index is 0.0806. The Kier molecular flexibility index (Phi) is 6.63. The largest absolute Gasteiger partial charge is 0.328 e. The summed E-state index contributed by atoms with van der Waals surface area (Å²) in [7, 11) is 0. The molecule has 0 bridgehead atoms. The zero-order valence-corrected chi connectivity index (χ0v) is 19.0. The first-order chi connectivity index (χ1) is 15.6. The molecule has 2 aromatic carbocycles. The number of aryl methyl sites for hydroxylation is 1. The highest BCUT2D eigenvalue weighted by molar-refractivity contribution is 5.80. The average molecular weight is 431 g/mol. The number of aromatic nitrogens is 6. The van der Waals surface area contributed by atoms with Gasteiger partial charge in [-0.3, -0.25) is 9.13 Å². The SMILES string of the molecule is CCCCc1cn(CC(C)C)c(=O)n1Cc1ccc(-c2ccccc2-c2nnn[nH]2)cc1. The fraction of sp³-hybridized carbons (Fsp3) is 0.360. The Morgan fingerprint density at radius 2 is 1.78 bits per heavy atom. The molecule has 166 valence electrons. The van der Waals surface area contributed by atoms with Crippen molar-refractivity contribution in [1.82, 2.24) is 29.8 Å². The van der Waals surface area contributed by atoms with Crippen molar-refractivity contribution in [1.29, 1.82) is 0 Å². The van der Waals surface area contributed by atoms with Crippen LogP contribution in [-0.2, 0) is 19.5 Å². The molecule has 7 nitrogen and oxygen atoms in total. The lowest BCUT2D eigenvalue weighted by Crippen LogP contribution is -2.26. The number of hydrogen-bond donors (Lipinski definition) is 1. The standard InChI is InChI=1S/C25H30N6O/c1-4-5-8-21-17-30(15-18(2)3)25(32)31(21)16-19-11-13-20(14-12-19)22-9-6-7-10-23(22)24-26-28-29-27-24/h6-7,9-14,17-18H,4-5,8,15-16H2,1-3H3,(H,26,27,28,29). The monoisotopic (exact) mass is 430 g/mol. The molecule has 0 unspecified atom stereocenters. The fourth-order valence-corrected chi connectivity index (χ4v) is 4.02. The summed E-state index contributed by atoms with van der Waals surface area (Å²) in [6, 6.07) is 16.4. The summed E-state index contributed by atoms with van der Waals surface area (Å²) in [6.07, 6.45) is 5.16. The molecular formula is C25H30N6O. The molecule has 0 aliphatic heterocycles. The topological polar surface area (TPSA) is 81.4 Å². The van der Waals surface area contributed by atoms with Crippen LogP contribution in [0.4, 0.5) is 0 Å². The first-order valence-corrected chi connectivity index (χ1v) is 11.3. The van der Waals surface area contributed by atoms with Gasteiger partial charge in [-0.1, -0.05) is 75.7 Å². The molecule has 0 atom stereocenters. The third-order valence-corrected chi connectivity index (χ3v) is 5.61. The summed E-state index contributed by atoms with van der Waals surface area (Å²) in [4.78, 5) is 13.1. The second kappa shape index (κ2) is 9.77. The number of H-pyrrole nitrogens is 1. The van der Waals surface area contributed by atoms with Crippen molar-refractivity contribution in [3.05, 3.63) is 76.5 Å². The van der Waals surface area contributed by atoms with Crippen LogP contribution < -0.4 is 5.69 Å². The molecule has 4 rings (SSSR count). The molecule has 1 N–H and O–H groups in total. The van der Waals surface area contributed by atoms with E-state index in [2.05, 4.69) is 71.7 Å². The van der Waals surface area contributed by atoms with Crippen LogP contribution in [0.1, 0.15) is 44.9 Å². The van der Waals surface area contributed by atoms with Gasteiger partial charge in [0.15, 0.2) is 5.82 Å². The Morgan fingerprint density at radius 3 is 2.44 bits per heavy atom. The molecule has 32 heavy (non-hydrogen) atoms. The molecule has 4 aromatic rings. The number of nitrogens with zero attached hydrogens (tertiary/aromatic N) is 5. The maximum absolute atomic E-state index is 13.1. The van der Waals surface area contributed by atoms with E-state index in [-0.39, 0.29) is 5.69 Å². The average Bonchev–Trinajstić information content (AvgIpc) is 3.43. The van der Waals surface area contributed by atoms with E-state index in [1.165, 1.54) is 0 Å². The van der Waals surface area contributed by atoms with Gasteiger partial charge in [0.25, 0.3) is 0 Å². The third-order valence-electron chi connectivity index (χ3n) is 5.61. The molecule has 2 aromatic heterocycles. The van der Waals surface area contributed by atoms with Gasteiger partial charge in [0.1, 0.15) is 0 Å². The van der Waals surface area contributed by atoms with Crippen LogP contribution in [0.5, 0.6) is 0 Å². The Balaban J connectivity index is 1.62. The van der Waals surface area contributed by atoms with Crippen molar-refractivity contribution in [3.63, 3.8) is 0 Å². The first-order valence-electron chi connectivity index (χ1n) is 11.3. The lowest BCUT2D eigenvalue weighted by Gasteiger charge is -2.10. The van der Waals surface area contributed by atoms with Gasteiger partial charge in [-0.2, -0.15) is 0 Å². The lowest BCUT2D eigenvalue weighted by molar-refractivity contribution is 0.503. The second-order valence-electron chi connectivity index (χ2n) is 8.63. The highest BCUT2D eigenvalue weighted by atomic mass is 16.1. The minimum atomic E-state index is 0.0806. The number of unbranched alkanes of at least 4 members (excludes halogenated alkanes) is 1. The zero-order chi connectivity index (χ0) is 22.5. The number of rotatable bonds is 9. The lowest BCUT2D eigenvalue weighted by atomic mass is 9.98. The van der Waals surface area contributed by atoms with Gasteiger partial charge >= 0.3 is 5.69 Å². The number of tetrazole rings is 1. The van der Waals surface area contributed by atoms with Crippen LogP contribution in [0.15, 0.2) is 59.5 Å². The summed E-state index contributed by atoms with van der Waals surface area (Å²) < 4.78 is 3.80. The molecule has 0 radical (unpaired) electrons. The highest BCUT2D eigenvalue weighted by Crippen LogP contribution is 2.29. The molecule has 7 heteroatoms. The third kappa shape index (κ3) is 4.72. The van der Waals surface area contributed by atoms with Crippen LogP contribution in [-0.4, -0.2) is 29.8 Å². The number of benzene rings is 2. The predicted octanol–water partition coefficient (Wildman–Crippen LogP) is 4.54. The minimum Gasteiger partial charge on any atom is -0.299 e.